The van der Waals surface area contributed by atoms with Crippen molar-refractivity contribution >= 4 is 17.9 Å². The van der Waals surface area contributed by atoms with E-state index in [1.54, 1.807) is 12.1 Å². The fourth-order valence-corrected chi connectivity index (χ4v) is 3.38. The smallest absolute Gasteiger partial charge is 0.338 e. The highest BCUT2D eigenvalue weighted by Gasteiger charge is 2.21. The van der Waals surface area contributed by atoms with Crippen LogP contribution in [0.15, 0.2) is 41.3 Å². The number of hydrogen-bond acceptors (Lipinski definition) is 3. The van der Waals surface area contributed by atoms with Crippen LogP contribution in [0.3, 0.4) is 0 Å². The van der Waals surface area contributed by atoms with Gasteiger partial charge in [0, 0.05) is 18.0 Å². The third kappa shape index (κ3) is 3.13. The summed E-state index contributed by atoms with van der Waals surface area (Å²) in [6, 6.07) is 8.92. The number of aromatic carboxylic acids is 1. The Bertz CT molecular complexity index is 719. The molecule has 0 bridgehead atoms. The van der Waals surface area contributed by atoms with Gasteiger partial charge >= 0.3 is 5.97 Å². The van der Waals surface area contributed by atoms with E-state index >= 15 is 0 Å². The second-order valence-electron chi connectivity index (χ2n) is 5.06. The highest BCUT2D eigenvalue weighted by molar-refractivity contribution is 7.97. The van der Waals surface area contributed by atoms with E-state index < -0.39 is 11.8 Å². The molecule has 2 aromatic carbocycles. The van der Waals surface area contributed by atoms with Crippen molar-refractivity contribution in [2.75, 3.05) is 6.54 Å². The standard InChI is InChI=1S/C16H13F2NO2S/c17-12-1-3-13(4-2-12)22-19-6-5-10-8-15(18)14(16(20)21)7-11(10)9-19/h1-4,7-8H,5-6,9H2,(H,20,21). The van der Waals surface area contributed by atoms with E-state index in [4.69, 9.17) is 5.11 Å². The van der Waals surface area contributed by atoms with Crippen molar-refractivity contribution in [3.8, 4) is 0 Å². The molecule has 1 heterocycles. The number of rotatable bonds is 3. The lowest BCUT2D eigenvalue weighted by molar-refractivity contribution is 0.0691. The number of nitrogens with zero attached hydrogens (tertiary/aromatic N) is 1. The molecule has 22 heavy (non-hydrogen) atoms. The molecule has 0 radical (unpaired) electrons. The predicted octanol–water partition coefficient (Wildman–Crippen LogP) is 3.73. The molecule has 0 amide bonds. The van der Waals surface area contributed by atoms with Crippen LogP contribution < -0.4 is 0 Å². The molecule has 0 saturated carbocycles. The van der Waals surface area contributed by atoms with Crippen LogP contribution in [0.25, 0.3) is 0 Å². The zero-order valence-corrected chi connectivity index (χ0v) is 12.4. The second kappa shape index (κ2) is 6.06. The van der Waals surface area contributed by atoms with Crippen LogP contribution in [0, 0.1) is 11.6 Å². The Morgan fingerprint density at radius 2 is 1.86 bits per heavy atom. The van der Waals surface area contributed by atoms with Gasteiger partial charge in [-0.05, 0) is 65.9 Å². The first-order chi connectivity index (χ1) is 10.5. The fourth-order valence-electron chi connectivity index (χ4n) is 2.44. The molecule has 3 rings (SSSR count). The molecular weight excluding hydrogens is 308 g/mol. The van der Waals surface area contributed by atoms with E-state index in [1.165, 1.54) is 36.2 Å². The van der Waals surface area contributed by atoms with Crippen LogP contribution in [0.4, 0.5) is 8.78 Å². The maximum Gasteiger partial charge on any atom is 0.338 e. The second-order valence-corrected chi connectivity index (χ2v) is 6.24. The van der Waals surface area contributed by atoms with Crippen molar-refractivity contribution < 1.29 is 18.7 Å². The highest BCUT2D eigenvalue weighted by Crippen LogP contribution is 2.30. The van der Waals surface area contributed by atoms with Crippen molar-refractivity contribution in [3.63, 3.8) is 0 Å². The minimum absolute atomic E-state index is 0.282. The maximum atomic E-state index is 13.7. The van der Waals surface area contributed by atoms with E-state index in [0.29, 0.717) is 13.0 Å². The van der Waals surface area contributed by atoms with Crippen LogP contribution in [0.5, 0.6) is 0 Å². The van der Waals surface area contributed by atoms with E-state index in [0.717, 1.165) is 22.6 Å². The van der Waals surface area contributed by atoms with Crippen LogP contribution in [0.1, 0.15) is 21.5 Å². The van der Waals surface area contributed by atoms with Gasteiger partial charge in [-0.25, -0.2) is 17.9 Å². The third-order valence-electron chi connectivity index (χ3n) is 3.55. The average Bonchev–Trinajstić information content (AvgIpc) is 2.49. The van der Waals surface area contributed by atoms with Crippen LogP contribution in [0.2, 0.25) is 0 Å². The normalized spacial score (nSPS) is 14.6. The van der Waals surface area contributed by atoms with Crippen LogP contribution >= 0.6 is 11.9 Å². The van der Waals surface area contributed by atoms with Crippen LogP contribution in [-0.4, -0.2) is 21.9 Å². The van der Waals surface area contributed by atoms with Gasteiger partial charge < -0.3 is 5.11 Å². The number of hydrogen-bond donors (Lipinski definition) is 1. The van der Waals surface area contributed by atoms with Gasteiger partial charge in [0.25, 0.3) is 0 Å². The minimum atomic E-state index is -1.26. The van der Waals surface area contributed by atoms with Gasteiger partial charge in [-0.2, -0.15) is 0 Å². The third-order valence-corrected chi connectivity index (χ3v) is 4.60. The van der Waals surface area contributed by atoms with Gasteiger partial charge in [-0.15, -0.1) is 0 Å². The number of carboxylic acid groups (broad SMARTS) is 1. The SMILES string of the molecule is O=C(O)c1cc2c(cc1F)CCN(Sc1ccc(F)cc1)C2. The largest absolute Gasteiger partial charge is 0.478 e. The zero-order valence-electron chi connectivity index (χ0n) is 11.6. The summed E-state index contributed by atoms with van der Waals surface area (Å²) in [5.41, 5.74) is 1.37. The Morgan fingerprint density at radius 1 is 1.14 bits per heavy atom. The first-order valence-corrected chi connectivity index (χ1v) is 7.53. The Kier molecular flexibility index (Phi) is 4.13. The molecule has 0 saturated heterocycles. The molecule has 0 aromatic heterocycles. The van der Waals surface area contributed by atoms with Crippen molar-refractivity contribution in [2.45, 2.75) is 17.9 Å². The summed E-state index contributed by atoms with van der Waals surface area (Å²) < 4.78 is 28.6. The molecule has 114 valence electrons. The molecule has 3 nitrogen and oxygen atoms in total. The molecule has 1 N–H and O–H groups in total. The summed E-state index contributed by atoms with van der Waals surface area (Å²) in [6.45, 7) is 1.25. The van der Waals surface area contributed by atoms with Gasteiger partial charge in [-0.1, -0.05) is 0 Å². The van der Waals surface area contributed by atoms with Gasteiger partial charge in [0.05, 0.1) is 5.56 Å². The summed E-state index contributed by atoms with van der Waals surface area (Å²) in [4.78, 5) is 11.9. The number of carboxylic acids is 1. The van der Waals surface area contributed by atoms with E-state index in [2.05, 4.69) is 4.31 Å². The van der Waals surface area contributed by atoms with E-state index in [-0.39, 0.29) is 11.4 Å². The number of carbonyl (C=O) groups is 1. The summed E-state index contributed by atoms with van der Waals surface area (Å²) in [6.07, 6.45) is 0.653. The summed E-state index contributed by atoms with van der Waals surface area (Å²) in [7, 11) is 0. The molecule has 1 aliphatic heterocycles. The Morgan fingerprint density at radius 3 is 2.55 bits per heavy atom. The molecule has 0 fully saturated rings. The summed E-state index contributed by atoms with van der Waals surface area (Å²) in [5.74, 6) is -2.23. The Balaban J connectivity index is 1.79. The van der Waals surface area contributed by atoms with Crippen LogP contribution in [-0.2, 0) is 13.0 Å². The monoisotopic (exact) mass is 321 g/mol. The first-order valence-electron chi connectivity index (χ1n) is 6.76. The van der Waals surface area contributed by atoms with Gasteiger partial charge in [-0.3, -0.25) is 0 Å². The molecule has 0 unspecified atom stereocenters. The average molecular weight is 321 g/mol. The van der Waals surface area contributed by atoms with Crippen molar-refractivity contribution in [1.29, 1.82) is 0 Å². The van der Waals surface area contributed by atoms with E-state index in [1.807, 2.05) is 0 Å². The Hall–Kier alpha value is -1.92. The molecule has 0 atom stereocenters. The quantitative estimate of drug-likeness (QED) is 0.875. The Labute approximate surface area is 130 Å². The summed E-state index contributed by atoms with van der Waals surface area (Å²) in [5, 5.41) is 9.00. The molecular formula is C16H13F2NO2S. The molecule has 6 heteroatoms. The lowest BCUT2D eigenvalue weighted by Gasteiger charge is -2.28. The predicted molar refractivity (Wildman–Crippen MR) is 79.7 cm³/mol. The fraction of sp³-hybridized carbons (Fsp3) is 0.188. The van der Waals surface area contributed by atoms with Gasteiger partial charge in [0.2, 0.25) is 0 Å². The molecule has 0 aliphatic carbocycles. The molecule has 0 spiro atoms. The van der Waals surface area contributed by atoms with Gasteiger partial charge in [0.1, 0.15) is 11.6 Å². The van der Waals surface area contributed by atoms with Gasteiger partial charge in [0.15, 0.2) is 0 Å². The zero-order chi connectivity index (χ0) is 15.7. The summed E-state index contributed by atoms with van der Waals surface area (Å²) >= 11 is 1.48. The first kappa shape index (κ1) is 15.0. The lowest BCUT2D eigenvalue weighted by atomic mass is 9.98. The number of halogens is 2. The molecule has 2 aromatic rings. The highest BCUT2D eigenvalue weighted by atomic mass is 32.2. The lowest BCUT2D eigenvalue weighted by Crippen LogP contribution is -2.25. The van der Waals surface area contributed by atoms with E-state index in [9.17, 15) is 13.6 Å². The molecule has 1 aliphatic rings. The van der Waals surface area contributed by atoms with Crippen molar-refractivity contribution in [1.82, 2.24) is 4.31 Å². The minimum Gasteiger partial charge on any atom is -0.478 e. The maximum absolute atomic E-state index is 13.7. The number of fused-ring (bicyclic) bond motifs is 1. The van der Waals surface area contributed by atoms with Crippen molar-refractivity contribution in [2.24, 2.45) is 0 Å². The van der Waals surface area contributed by atoms with Crippen molar-refractivity contribution in [3.05, 3.63) is 64.7 Å². The number of benzene rings is 2. The topological polar surface area (TPSA) is 40.5 Å².